The van der Waals surface area contributed by atoms with Crippen LogP contribution in [0.1, 0.15) is 25.8 Å². The van der Waals surface area contributed by atoms with Gasteiger partial charge in [-0.1, -0.05) is 26.0 Å². The van der Waals surface area contributed by atoms with Crippen LogP contribution in [0.5, 0.6) is 5.75 Å². The fraction of sp³-hybridized carbons (Fsp3) is 0.562. The van der Waals surface area contributed by atoms with Gasteiger partial charge in [-0.2, -0.15) is 0 Å². The number of aryl methyl sites for hydroxylation is 1. The Kier molecular flexibility index (Phi) is 9.81. The number of halogens is 1. The van der Waals surface area contributed by atoms with Crippen molar-refractivity contribution in [2.75, 3.05) is 13.2 Å². The van der Waals surface area contributed by atoms with Gasteiger partial charge in [0.1, 0.15) is 18.5 Å². The minimum atomic E-state index is -0.763. The van der Waals surface area contributed by atoms with Gasteiger partial charge >= 0.3 is 0 Å². The van der Waals surface area contributed by atoms with Crippen LogP contribution < -0.4 is 15.8 Å². The molecule has 22 heavy (non-hydrogen) atoms. The molecule has 1 rings (SSSR count). The SMILES string of the molecule is Cc1cccc(OCC(O)CNC(=O)[C@@H](N)CC(C)C)c1.Cl. The summed E-state index contributed by atoms with van der Waals surface area (Å²) in [6, 6.07) is 7.05. The second kappa shape index (κ2) is 10.4. The first kappa shape index (κ1) is 20.7. The Morgan fingerprint density at radius 3 is 2.68 bits per heavy atom. The lowest BCUT2D eigenvalue weighted by atomic mass is 10.0. The Labute approximate surface area is 138 Å². The van der Waals surface area contributed by atoms with E-state index in [9.17, 15) is 9.90 Å². The van der Waals surface area contributed by atoms with E-state index in [2.05, 4.69) is 5.32 Å². The van der Waals surface area contributed by atoms with Crippen LogP contribution in [0.4, 0.5) is 0 Å². The summed E-state index contributed by atoms with van der Waals surface area (Å²) in [5.41, 5.74) is 6.85. The Balaban J connectivity index is 0.00000441. The highest BCUT2D eigenvalue weighted by atomic mass is 35.5. The Hall–Kier alpha value is -1.30. The zero-order valence-corrected chi connectivity index (χ0v) is 14.2. The number of aliphatic hydroxyl groups is 1. The average molecular weight is 331 g/mol. The number of rotatable bonds is 8. The highest BCUT2D eigenvalue weighted by Crippen LogP contribution is 2.12. The van der Waals surface area contributed by atoms with Crippen LogP contribution in [0, 0.1) is 12.8 Å². The molecule has 0 radical (unpaired) electrons. The van der Waals surface area contributed by atoms with Crippen molar-refractivity contribution in [1.82, 2.24) is 5.32 Å². The molecule has 0 fully saturated rings. The van der Waals surface area contributed by atoms with Gasteiger partial charge in [-0.05, 0) is 37.0 Å². The molecule has 126 valence electrons. The summed E-state index contributed by atoms with van der Waals surface area (Å²) in [4.78, 5) is 11.7. The van der Waals surface area contributed by atoms with Gasteiger partial charge in [0.15, 0.2) is 0 Å². The fourth-order valence-corrected chi connectivity index (χ4v) is 1.92. The number of carbonyl (C=O) groups is 1. The van der Waals surface area contributed by atoms with Crippen molar-refractivity contribution in [1.29, 1.82) is 0 Å². The molecular formula is C16H27ClN2O3. The van der Waals surface area contributed by atoms with Crippen LogP contribution >= 0.6 is 12.4 Å². The smallest absolute Gasteiger partial charge is 0.237 e. The van der Waals surface area contributed by atoms with E-state index in [1.807, 2.05) is 45.0 Å². The van der Waals surface area contributed by atoms with Gasteiger partial charge in [-0.25, -0.2) is 0 Å². The number of nitrogens with one attached hydrogen (secondary N) is 1. The van der Waals surface area contributed by atoms with E-state index >= 15 is 0 Å². The molecule has 0 spiro atoms. The number of aliphatic hydroxyl groups excluding tert-OH is 1. The molecule has 0 aliphatic heterocycles. The van der Waals surface area contributed by atoms with Crippen molar-refractivity contribution in [2.24, 2.45) is 11.7 Å². The van der Waals surface area contributed by atoms with Gasteiger partial charge in [-0.3, -0.25) is 4.79 Å². The summed E-state index contributed by atoms with van der Waals surface area (Å²) in [5.74, 6) is 0.829. The first-order valence-corrected chi connectivity index (χ1v) is 7.29. The van der Waals surface area contributed by atoms with Crippen molar-refractivity contribution >= 4 is 18.3 Å². The number of amides is 1. The van der Waals surface area contributed by atoms with E-state index in [1.165, 1.54) is 0 Å². The molecule has 1 aromatic rings. The molecule has 5 nitrogen and oxygen atoms in total. The minimum absolute atomic E-state index is 0. The molecule has 0 bridgehead atoms. The van der Waals surface area contributed by atoms with Crippen LogP contribution in [0.2, 0.25) is 0 Å². The van der Waals surface area contributed by atoms with Crippen LogP contribution in [-0.2, 0) is 4.79 Å². The van der Waals surface area contributed by atoms with E-state index < -0.39 is 12.1 Å². The van der Waals surface area contributed by atoms with Crippen LogP contribution in [0.3, 0.4) is 0 Å². The predicted molar refractivity (Wildman–Crippen MR) is 90.4 cm³/mol. The van der Waals surface area contributed by atoms with Crippen molar-refractivity contribution in [3.05, 3.63) is 29.8 Å². The Morgan fingerprint density at radius 2 is 2.09 bits per heavy atom. The number of ether oxygens (including phenoxy) is 1. The summed E-state index contributed by atoms with van der Waals surface area (Å²) in [6.45, 7) is 6.26. The van der Waals surface area contributed by atoms with Crippen LogP contribution in [0.15, 0.2) is 24.3 Å². The molecule has 0 saturated heterocycles. The van der Waals surface area contributed by atoms with E-state index in [4.69, 9.17) is 10.5 Å². The molecule has 1 amide bonds. The van der Waals surface area contributed by atoms with Crippen molar-refractivity contribution in [3.8, 4) is 5.75 Å². The summed E-state index contributed by atoms with van der Waals surface area (Å²) >= 11 is 0. The molecule has 0 aliphatic carbocycles. The third-order valence-corrected chi connectivity index (χ3v) is 3.01. The number of hydrogen-bond acceptors (Lipinski definition) is 4. The summed E-state index contributed by atoms with van der Waals surface area (Å²) in [6.07, 6.45) is -0.137. The number of carbonyl (C=O) groups excluding carboxylic acids is 1. The number of benzene rings is 1. The molecule has 0 saturated carbocycles. The van der Waals surface area contributed by atoms with Gasteiger partial charge in [0.25, 0.3) is 0 Å². The molecule has 0 aromatic heterocycles. The van der Waals surface area contributed by atoms with E-state index in [1.54, 1.807) is 0 Å². The van der Waals surface area contributed by atoms with Gasteiger partial charge in [0, 0.05) is 6.54 Å². The van der Waals surface area contributed by atoms with E-state index in [0.29, 0.717) is 18.1 Å². The number of nitrogens with two attached hydrogens (primary N) is 1. The highest BCUT2D eigenvalue weighted by molar-refractivity contribution is 5.85. The molecule has 0 aliphatic rings. The molecule has 2 atom stereocenters. The largest absolute Gasteiger partial charge is 0.491 e. The monoisotopic (exact) mass is 330 g/mol. The van der Waals surface area contributed by atoms with Crippen molar-refractivity contribution in [2.45, 2.75) is 39.3 Å². The normalized spacial score (nSPS) is 13.2. The van der Waals surface area contributed by atoms with Gasteiger partial charge in [-0.15, -0.1) is 12.4 Å². The van der Waals surface area contributed by atoms with E-state index in [-0.39, 0.29) is 31.5 Å². The standard InChI is InChI=1S/C16H26N2O3.ClH/c1-11(2)7-15(17)16(20)18-9-13(19)10-21-14-6-4-5-12(3)8-14;/h4-6,8,11,13,15,19H,7,9-10,17H2,1-3H3,(H,18,20);1H/t13?,15-;/m0./s1. The second-order valence-electron chi connectivity index (χ2n) is 5.76. The molecule has 1 aromatic carbocycles. The molecule has 6 heteroatoms. The van der Waals surface area contributed by atoms with Crippen molar-refractivity contribution < 1.29 is 14.6 Å². The minimum Gasteiger partial charge on any atom is -0.491 e. The summed E-state index contributed by atoms with van der Waals surface area (Å²) < 4.78 is 5.47. The Morgan fingerprint density at radius 1 is 1.41 bits per heavy atom. The number of hydrogen-bond donors (Lipinski definition) is 3. The highest BCUT2D eigenvalue weighted by Gasteiger charge is 2.16. The van der Waals surface area contributed by atoms with Crippen LogP contribution in [-0.4, -0.2) is 36.3 Å². The first-order chi connectivity index (χ1) is 9.88. The zero-order chi connectivity index (χ0) is 15.8. The average Bonchev–Trinajstić information content (AvgIpc) is 2.41. The topological polar surface area (TPSA) is 84.6 Å². The van der Waals surface area contributed by atoms with Crippen LogP contribution in [0.25, 0.3) is 0 Å². The third-order valence-electron chi connectivity index (χ3n) is 3.01. The first-order valence-electron chi connectivity index (χ1n) is 7.29. The maximum Gasteiger partial charge on any atom is 0.237 e. The predicted octanol–water partition coefficient (Wildman–Crippen LogP) is 1.65. The summed E-state index contributed by atoms with van der Waals surface area (Å²) in [7, 11) is 0. The maximum atomic E-state index is 11.7. The second-order valence-corrected chi connectivity index (χ2v) is 5.76. The fourth-order valence-electron chi connectivity index (χ4n) is 1.92. The molecule has 0 heterocycles. The van der Waals surface area contributed by atoms with E-state index in [0.717, 1.165) is 5.56 Å². The lowest BCUT2D eigenvalue weighted by molar-refractivity contribution is -0.123. The lowest BCUT2D eigenvalue weighted by Gasteiger charge is -2.17. The van der Waals surface area contributed by atoms with Crippen molar-refractivity contribution in [3.63, 3.8) is 0 Å². The lowest BCUT2D eigenvalue weighted by Crippen LogP contribution is -2.45. The summed E-state index contributed by atoms with van der Waals surface area (Å²) in [5, 5.41) is 12.5. The van der Waals surface area contributed by atoms with Gasteiger partial charge in [0.05, 0.1) is 6.04 Å². The van der Waals surface area contributed by atoms with Gasteiger partial charge < -0.3 is 20.9 Å². The maximum absolute atomic E-state index is 11.7. The van der Waals surface area contributed by atoms with Gasteiger partial charge in [0.2, 0.25) is 5.91 Å². The third kappa shape index (κ3) is 8.22. The Bertz CT molecular complexity index is 455. The molecular weight excluding hydrogens is 304 g/mol. The quantitative estimate of drug-likeness (QED) is 0.676. The molecule has 1 unspecified atom stereocenters. The molecule has 4 N–H and O–H groups in total. The zero-order valence-electron chi connectivity index (χ0n) is 13.4.